The van der Waals surface area contributed by atoms with Gasteiger partial charge in [-0.25, -0.2) is 13.5 Å². The van der Waals surface area contributed by atoms with Crippen LogP contribution in [0.15, 0.2) is 24.4 Å². The van der Waals surface area contributed by atoms with E-state index in [4.69, 9.17) is 9.47 Å². The van der Waals surface area contributed by atoms with Gasteiger partial charge in [0.2, 0.25) is 5.88 Å². The highest BCUT2D eigenvalue weighted by Crippen LogP contribution is 2.34. The number of hydrogen-bond donors (Lipinski definition) is 1. The second-order valence-corrected chi connectivity index (χ2v) is 5.91. The molecule has 24 heavy (non-hydrogen) atoms. The quantitative estimate of drug-likeness (QED) is 0.925. The van der Waals surface area contributed by atoms with Crippen molar-refractivity contribution in [2.45, 2.75) is 18.5 Å². The van der Waals surface area contributed by atoms with Crippen molar-refractivity contribution in [3.63, 3.8) is 0 Å². The van der Waals surface area contributed by atoms with E-state index >= 15 is 0 Å². The van der Waals surface area contributed by atoms with Gasteiger partial charge in [0.15, 0.2) is 0 Å². The third-order valence-electron chi connectivity index (χ3n) is 4.28. The van der Waals surface area contributed by atoms with E-state index in [1.54, 1.807) is 4.68 Å². The molecule has 0 saturated carbocycles. The van der Waals surface area contributed by atoms with Crippen LogP contribution < -0.4 is 10.1 Å². The van der Waals surface area contributed by atoms with Gasteiger partial charge in [-0.05, 0) is 12.1 Å². The van der Waals surface area contributed by atoms with E-state index in [1.165, 1.54) is 12.3 Å². The Bertz CT molecular complexity index is 782. The molecule has 2 aromatic rings. The Balaban J connectivity index is 1.66. The van der Waals surface area contributed by atoms with Crippen LogP contribution in [0.1, 0.15) is 22.3 Å². The summed E-state index contributed by atoms with van der Waals surface area (Å²) in [5.74, 6) is -1.55. The molecule has 0 spiro atoms. The van der Waals surface area contributed by atoms with Crippen LogP contribution in [0, 0.1) is 11.6 Å². The number of benzene rings is 1. The van der Waals surface area contributed by atoms with E-state index in [2.05, 4.69) is 10.4 Å². The van der Waals surface area contributed by atoms with Gasteiger partial charge in [-0.2, -0.15) is 5.10 Å². The summed E-state index contributed by atoms with van der Waals surface area (Å²) in [4.78, 5) is 12.6. The van der Waals surface area contributed by atoms with Crippen LogP contribution in [-0.2, 0) is 16.8 Å². The van der Waals surface area contributed by atoms with Crippen molar-refractivity contribution in [3.8, 4) is 5.88 Å². The first-order valence-corrected chi connectivity index (χ1v) is 7.64. The van der Waals surface area contributed by atoms with Crippen LogP contribution in [-0.4, -0.2) is 35.5 Å². The third kappa shape index (κ3) is 2.25. The minimum atomic E-state index is -1.23. The maximum absolute atomic E-state index is 14.1. The molecule has 2 aliphatic rings. The Morgan fingerprint density at radius 2 is 2.04 bits per heavy atom. The highest BCUT2D eigenvalue weighted by atomic mass is 19.1. The van der Waals surface area contributed by atoms with Gasteiger partial charge < -0.3 is 14.8 Å². The minimum Gasteiger partial charge on any atom is -0.477 e. The molecule has 2 aliphatic heterocycles. The van der Waals surface area contributed by atoms with E-state index in [-0.39, 0.29) is 24.3 Å². The predicted octanol–water partition coefficient (Wildman–Crippen LogP) is 1.60. The molecule has 1 fully saturated rings. The van der Waals surface area contributed by atoms with Gasteiger partial charge in [0.1, 0.15) is 22.7 Å². The number of ether oxygens (including phenoxy) is 2. The fourth-order valence-electron chi connectivity index (χ4n) is 3.05. The number of rotatable bonds is 3. The first kappa shape index (κ1) is 15.1. The standard InChI is InChI=1S/C16H15F2N3O3/c17-11-3-1-4-12(18)13(11)16(8-23-9-16)20-14(22)10-7-19-21-5-2-6-24-15(10)21/h1,3-4,7H,2,5-6,8-9H2,(H,20,22). The SMILES string of the molecule is O=C(NC1(c2c(F)cccc2F)COC1)c1cnn2c1OCCC2. The van der Waals surface area contributed by atoms with E-state index in [1.807, 2.05) is 0 Å². The van der Waals surface area contributed by atoms with Crippen molar-refractivity contribution in [1.82, 2.24) is 15.1 Å². The van der Waals surface area contributed by atoms with Crippen molar-refractivity contribution in [2.75, 3.05) is 19.8 Å². The van der Waals surface area contributed by atoms with Crippen LogP contribution in [0.25, 0.3) is 0 Å². The molecule has 126 valence electrons. The Morgan fingerprint density at radius 1 is 1.29 bits per heavy atom. The lowest BCUT2D eigenvalue weighted by molar-refractivity contribution is -0.0765. The molecule has 0 aliphatic carbocycles. The zero-order chi connectivity index (χ0) is 16.7. The number of fused-ring (bicyclic) bond motifs is 1. The summed E-state index contributed by atoms with van der Waals surface area (Å²) >= 11 is 0. The molecule has 0 bridgehead atoms. The first-order chi connectivity index (χ1) is 11.6. The molecular weight excluding hydrogens is 320 g/mol. The second kappa shape index (κ2) is 5.55. The van der Waals surface area contributed by atoms with Gasteiger partial charge in [-0.1, -0.05) is 6.07 Å². The molecule has 6 nitrogen and oxygen atoms in total. The zero-order valence-electron chi connectivity index (χ0n) is 12.7. The van der Waals surface area contributed by atoms with Crippen molar-refractivity contribution < 1.29 is 23.0 Å². The molecule has 4 rings (SSSR count). The van der Waals surface area contributed by atoms with Gasteiger partial charge in [-0.15, -0.1) is 0 Å². The van der Waals surface area contributed by atoms with E-state index in [0.29, 0.717) is 19.0 Å². The lowest BCUT2D eigenvalue weighted by atomic mass is 9.86. The molecule has 1 amide bonds. The lowest BCUT2D eigenvalue weighted by Gasteiger charge is -2.42. The van der Waals surface area contributed by atoms with Crippen molar-refractivity contribution in [2.24, 2.45) is 0 Å². The van der Waals surface area contributed by atoms with Crippen molar-refractivity contribution in [1.29, 1.82) is 0 Å². The predicted molar refractivity (Wildman–Crippen MR) is 78.7 cm³/mol. The molecule has 1 aromatic carbocycles. The molecule has 3 heterocycles. The fraction of sp³-hybridized carbons (Fsp3) is 0.375. The number of carbonyl (C=O) groups is 1. The summed E-state index contributed by atoms with van der Waals surface area (Å²) in [6.07, 6.45) is 2.22. The van der Waals surface area contributed by atoms with Crippen LogP contribution >= 0.6 is 0 Å². The van der Waals surface area contributed by atoms with Crippen LogP contribution in [0.4, 0.5) is 8.78 Å². The molecule has 0 unspecified atom stereocenters. The van der Waals surface area contributed by atoms with E-state index in [0.717, 1.165) is 18.6 Å². The number of amides is 1. The van der Waals surface area contributed by atoms with Gasteiger partial charge in [0.25, 0.3) is 5.91 Å². The van der Waals surface area contributed by atoms with Crippen LogP contribution in [0.3, 0.4) is 0 Å². The summed E-state index contributed by atoms with van der Waals surface area (Å²) in [5, 5.41) is 6.81. The summed E-state index contributed by atoms with van der Waals surface area (Å²) < 4.78 is 40.5. The Kier molecular flexibility index (Phi) is 3.49. The average Bonchev–Trinajstić information content (AvgIpc) is 2.96. The van der Waals surface area contributed by atoms with Gasteiger partial charge in [-0.3, -0.25) is 4.79 Å². The number of aromatic nitrogens is 2. The minimum absolute atomic E-state index is 0.000914. The molecule has 8 heteroatoms. The number of nitrogens with one attached hydrogen (secondary N) is 1. The van der Waals surface area contributed by atoms with Crippen LogP contribution in [0.2, 0.25) is 0 Å². The van der Waals surface area contributed by atoms with Gasteiger partial charge >= 0.3 is 0 Å². The summed E-state index contributed by atoms with van der Waals surface area (Å²) in [7, 11) is 0. The smallest absolute Gasteiger partial charge is 0.259 e. The largest absolute Gasteiger partial charge is 0.477 e. The number of carbonyl (C=O) groups excluding carboxylic acids is 1. The first-order valence-electron chi connectivity index (χ1n) is 7.64. The fourth-order valence-corrected chi connectivity index (χ4v) is 3.05. The number of hydrogen-bond acceptors (Lipinski definition) is 4. The van der Waals surface area contributed by atoms with Crippen molar-refractivity contribution in [3.05, 3.63) is 47.2 Å². The Morgan fingerprint density at radius 3 is 2.71 bits per heavy atom. The maximum atomic E-state index is 14.1. The number of nitrogens with zero attached hydrogens (tertiary/aromatic N) is 2. The lowest BCUT2D eigenvalue weighted by Crippen LogP contribution is -2.60. The second-order valence-electron chi connectivity index (χ2n) is 5.91. The average molecular weight is 335 g/mol. The molecule has 0 radical (unpaired) electrons. The summed E-state index contributed by atoms with van der Waals surface area (Å²) in [5.41, 5.74) is -1.17. The monoisotopic (exact) mass is 335 g/mol. The summed E-state index contributed by atoms with van der Waals surface area (Å²) in [6.45, 7) is 1.17. The molecular formula is C16H15F2N3O3. The number of aryl methyl sites for hydroxylation is 1. The topological polar surface area (TPSA) is 65.4 Å². The highest BCUT2D eigenvalue weighted by molar-refractivity contribution is 5.97. The van der Waals surface area contributed by atoms with Gasteiger partial charge in [0, 0.05) is 13.0 Å². The molecule has 1 saturated heterocycles. The molecule has 1 N–H and O–H groups in total. The summed E-state index contributed by atoms with van der Waals surface area (Å²) in [6, 6.07) is 3.61. The highest BCUT2D eigenvalue weighted by Gasteiger charge is 2.46. The van der Waals surface area contributed by atoms with Crippen LogP contribution in [0.5, 0.6) is 5.88 Å². The maximum Gasteiger partial charge on any atom is 0.259 e. The molecule has 1 aromatic heterocycles. The van der Waals surface area contributed by atoms with E-state index < -0.39 is 23.1 Å². The molecule has 0 atom stereocenters. The van der Waals surface area contributed by atoms with Crippen molar-refractivity contribution >= 4 is 5.91 Å². The third-order valence-corrected chi connectivity index (χ3v) is 4.28. The Hall–Kier alpha value is -2.48. The van der Waals surface area contributed by atoms with Gasteiger partial charge in [0.05, 0.1) is 31.6 Å². The Labute approximate surface area is 136 Å². The normalized spacial score (nSPS) is 18.2. The van der Waals surface area contributed by atoms with E-state index in [9.17, 15) is 13.6 Å². The number of halogens is 2. The zero-order valence-corrected chi connectivity index (χ0v) is 12.7.